The van der Waals surface area contributed by atoms with Gasteiger partial charge in [-0.25, -0.2) is 13.4 Å². The number of carbonyl (C=O) groups is 1. The van der Waals surface area contributed by atoms with Crippen LogP contribution in [0.4, 0.5) is 8.78 Å². The summed E-state index contributed by atoms with van der Waals surface area (Å²) in [5.41, 5.74) is 1.29. The van der Waals surface area contributed by atoms with E-state index in [1.165, 1.54) is 12.1 Å². The number of aryl methyl sites for hydroxylation is 1. The van der Waals surface area contributed by atoms with E-state index in [1.807, 2.05) is 4.90 Å². The minimum absolute atomic E-state index is 0.0208. The predicted molar refractivity (Wildman–Crippen MR) is 91.0 cm³/mol. The monoisotopic (exact) mass is 374 g/mol. The fourth-order valence-electron chi connectivity index (χ4n) is 5.30. The summed E-state index contributed by atoms with van der Waals surface area (Å²) in [7, 11) is 0. The maximum absolute atomic E-state index is 13.9. The molecule has 0 saturated carbocycles. The molecule has 5 heterocycles. The van der Waals surface area contributed by atoms with E-state index in [-0.39, 0.29) is 29.6 Å². The third-order valence-electron chi connectivity index (χ3n) is 6.42. The molecule has 1 amide bonds. The Kier molecular flexibility index (Phi) is 3.79. The highest BCUT2D eigenvalue weighted by Gasteiger charge is 2.55. The van der Waals surface area contributed by atoms with Gasteiger partial charge in [0.15, 0.2) is 5.69 Å². The molecule has 3 atom stereocenters. The second-order valence-corrected chi connectivity index (χ2v) is 7.82. The van der Waals surface area contributed by atoms with Crippen molar-refractivity contribution in [2.24, 2.45) is 5.92 Å². The lowest BCUT2D eigenvalue weighted by molar-refractivity contribution is -0.00374. The van der Waals surface area contributed by atoms with Gasteiger partial charge in [-0.1, -0.05) is 5.16 Å². The molecule has 4 aliphatic rings. The molecule has 0 spiro atoms. The van der Waals surface area contributed by atoms with Gasteiger partial charge in [-0.05, 0) is 61.6 Å². The summed E-state index contributed by atoms with van der Waals surface area (Å²) in [5, 5.41) is 7.49. The molecule has 8 heteroatoms. The molecule has 4 saturated heterocycles. The number of fused-ring (bicyclic) bond motifs is 2. The van der Waals surface area contributed by atoms with Crippen LogP contribution in [0.5, 0.6) is 0 Å². The fraction of sp³-hybridized carbons (Fsp3) is 0.526. The Hall–Kier alpha value is -2.35. The molecule has 1 aromatic heterocycles. The lowest BCUT2D eigenvalue weighted by atomic mass is 9.75. The Bertz CT molecular complexity index is 873. The van der Waals surface area contributed by atoms with E-state index in [4.69, 9.17) is 4.63 Å². The molecule has 2 bridgehead atoms. The zero-order chi connectivity index (χ0) is 18.7. The predicted octanol–water partition coefficient (Wildman–Crippen LogP) is 2.36. The first-order chi connectivity index (χ1) is 13.0. The van der Waals surface area contributed by atoms with E-state index in [2.05, 4.69) is 15.2 Å². The molecular formula is C19H20F2N4O2. The standard InChI is InChI=1S/C19H20F2N4O2/c1-10-16(23-27-22-10)19(26)25-9-15(12-6-13(20)8-14(21)7-12)18-17(25)11-2-4-24(18)5-3-11/h6-8,11,15,17-18H,2-5,9H2,1H3/t15-,17+,18+/m1/s1. The van der Waals surface area contributed by atoms with Crippen LogP contribution >= 0.6 is 0 Å². The van der Waals surface area contributed by atoms with Gasteiger partial charge in [-0.2, -0.15) is 0 Å². The fourth-order valence-corrected chi connectivity index (χ4v) is 5.30. The quantitative estimate of drug-likeness (QED) is 0.808. The number of aromatic nitrogens is 2. The molecule has 4 fully saturated rings. The number of carbonyl (C=O) groups excluding carboxylic acids is 1. The molecule has 0 unspecified atom stereocenters. The molecular weight excluding hydrogens is 354 g/mol. The van der Waals surface area contributed by atoms with Crippen LogP contribution in [-0.2, 0) is 0 Å². The van der Waals surface area contributed by atoms with E-state index in [9.17, 15) is 13.6 Å². The number of rotatable bonds is 2. The van der Waals surface area contributed by atoms with Crippen molar-refractivity contribution in [2.75, 3.05) is 19.6 Å². The number of likely N-dealkylation sites (tertiary alicyclic amines) is 1. The van der Waals surface area contributed by atoms with Crippen molar-refractivity contribution in [1.29, 1.82) is 0 Å². The molecule has 2 aromatic rings. The number of hydrogen-bond donors (Lipinski definition) is 0. The van der Waals surface area contributed by atoms with Crippen molar-refractivity contribution < 1.29 is 18.2 Å². The van der Waals surface area contributed by atoms with Crippen LogP contribution in [-0.4, -0.2) is 57.7 Å². The van der Waals surface area contributed by atoms with Gasteiger partial charge < -0.3 is 4.90 Å². The van der Waals surface area contributed by atoms with Crippen molar-refractivity contribution in [3.05, 3.63) is 46.8 Å². The number of nitrogens with zero attached hydrogens (tertiary/aromatic N) is 4. The Morgan fingerprint density at radius 2 is 1.81 bits per heavy atom. The SMILES string of the molecule is Cc1nonc1C(=O)N1C[C@H](c2cc(F)cc(F)c2)[C@H]2[C@@H]1C1CCN2CC1. The van der Waals surface area contributed by atoms with Crippen LogP contribution < -0.4 is 0 Å². The Labute approximate surface area is 155 Å². The Morgan fingerprint density at radius 3 is 2.44 bits per heavy atom. The van der Waals surface area contributed by atoms with Crippen molar-refractivity contribution in [3.63, 3.8) is 0 Å². The van der Waals surface area contributed by atoms with Crippen LogP contribution in [0, 0.1) is 24.5 Å². The summed E-state index contributed by atoms with van der Waals surface area (Å²) in [4.78, 5) is 17.4. The molecule has 0 aliphatic carbocycles. The lowest BCUT2D eigenvalue weighted by Gasteiger charge is -2.51. The first-order valence-corrected chi connectivity index (χ1v) is 9.33. The summed E-state index contributed by atoms with van der Waals surface area (Å²) in [5.74, 6) is -1.12. The van der Waals surface area contributed by atoms with Gasteiger partial charge in [-0.15, -0.1) is 0 Å². The molecule has 27 heavy (non-hydrogen) atoms. The highest BCUT2D eigenvalue weighted by atomic mass is 19.1. The summed E-state index contributed by atoms with van der Waals surface area (Å²) in [6.45, 7) is 4.03. The van der Waals surface area contributed by atoms with Gasteiger partial charge in [-0.3, -0.25) is 9.69 Å². The number of amides is 1. The first-order valence-electron chi connectivity index (χ1n) is 9.33. The average molecular weight is 374 g/mol. The maximum atomic E-state index is 13.9. The second-order valence-electron chi connectivity index (χ2n) is 7.82. The molecule has 6 rings (SSSR count). The number of halogens is 2. The average Bonchev–Trinajstić information content (AvgIpc) is 3.26. The summed E-state index contributed by atoms with van der Waals surface area (Å²) in [6.07, 6.45) is 2.07. The third-order valence-corrected chi connectivity index (χ3v) is 6.42. The van der Waals surface area contributed by atoms with Gasteiger partial charge in [0.1, 0.15) is 17.3 Å². The van der Waals surface area contributed by atoms with E-state index >= 15 is 0 Å². The van der Waals surface area contributed by atoms with Crippen molar-refractivity contribution in [1.82, 2.24) is 20.1 Å². The number of benzene rings is 1. The van der Waals surface area contributed by atoms with Gasteiger partial charge >= 0.3 is 0 Å². The van der Waals surface area contributed by atoms with Crippen LogP contribution in [0.25, 0.3) is 0 Å². The van der Waals surface area contributed by atoms with Gasteiger partial charge in [0, 0.05) is 24.6 Å². The van der Waals surface area contributed by atoms with Gasteiger partial charge in [0.05, 0.1) is 6.04 Å². The van der Waals surface area contributed by atoms with Crippen molar-refractivity contribution in [2.45, 2.75) is 37.8 Å². The zero-order valence-corrected chi connectivity index (χ0v) is 14.9. The van der Waals surface area contributed by atoms with Crippen molar-refractivity contribution in [3.8, 4) is 0 Å². The van der Waals surface area contributed by atoms with Crippen LogP contribution in [0.15, 0.2) is 22.8 Å². The van der Waals surface area contributed by atoms with Crippen LogP contribution in [0.3, 0.4) is 0 Å². The topological polar surface area (TPSA) is 62.5 Å². The van der Waals surface area contributed by atoms with E-state index in [1.54, 1.807) is 6.92 Å². The van der Waals surface area contributed by atoms with Crippen LogP contribution in [0.2, 0.25) is 0 Å². The van der Waals surface area contributed by atoms with E-state index in [0.29, 0.717) is 23.7 Å². The summed E-state index contributed by atoms with van der Waals surface area (Å²) in [6, 6.07) is 3.77. The van der Waals surface area contributed by atoms with Crippen molar-refractivity contribution >= 4 is 5.91 Å². The van der Waals surface area contributed by atoms with E-state index in [0.717, 1.165) is 32.0 Å². The Morgan fingerprint density at radius 1 is 1.11 bits per heavy atom. The zero-order valence-electron chi connectivity index (χ0n) is 14.9. The molecule has 0 N–H and O–H groups in total. The van der Waals surface area contributed by atoms with E-state index < -0.39 is 11.6 Å². The minimum atomic E-state index is -0.584. The maximum Gasteiger partial charge on any atom is 0.278 e. The number of hydrogen-bond acceptors (Lipinski definition) is 5. The molecule has 6 nitrogen and oxygen atoms in total. The highest BCUT2D eigenvalue weighted by molar-refractivity contribution is 5.93. The summed E-state index contributed by atoms with van der Waals surface area (Å²) >= 11 is 0. The highest BCUT2D eigenvalue weighted by Crippen LogP contribution is 2.47. The molecule has 4 aliphatic heterocycles. The Balaban J connectivity index is 1.56. The normalized spacial score (nSPS) is 32.0. The second kappa shape index (κ2) is 6.09. The molecule has 0 radical (unpaired) electrons. The molecule has 1 aromatic carbocycles. The third kappa shape index (κ3) is 2.57. The smallest absolute Gasteiger partial charge is 0.278 e. The number of piperidine rings is 3. The largest absolute Gasteiger partial charge is 0.332 e. The first kappa shape index (κ1) is 16.8. The lowest BCUT2D eigenvalue weighted by Crippen LogP contribution is -2.60. The van der Waals surface area contributed by atoms with Gasteiger partial charge in [0.25, 0.3) is 5.91 Å². The minimum Gasteiger partial charge on any atom is -0.332 e. The summed E-state index contributed by atoms with van der Waals surface area (Å²) < 4.78 is 32.4. The van der Waals surface area contributed by atoms with Gasteiger partial charge in [0.2, 0.25) is 0 Å². The molecule has 142 valence electrons. The van der Waals surface area contributed by atoms with Crippen LogP contribution in [0.1, 0.15) is 40.5 Å².